The Morgan fingerprint density at radius 3 is 2.52 bits per heavy atom. The molecule has 10 nitrogen and oxygen atoms in total. The Bertz CT molecular complexity index is 1690. The fourth-order valence-electron chi connectivity index (χ4n) is 6.51. The van der Waals surface area contributed by atoms with Gasteiger partial charge in [-0.3, -0.25) is 9.48 Å². The van der Waals surface area contributed by atoms with Crippen LogP contribution in [0.1, 0.15) is 62.2 Å². The van der Waals surface area contributed by atoms with Crippen LogP contribution in [0.5, 0.6) is 5.75 Å². The second-order valence-corrected chi connectivity index (χ2v) is 11.8. The molecule has 1 aliphatic heterocycles. The second kappa shape index (κ2) is 12.7. The Morgan fingerprint density at radius 1 is 1.09 bits per heavy atom. The van der Waals surface area contributed by atoms with Crippen LogP contribution in [0.4, 0.5) is 14.9 Å². The van der Waals surface area contributed by atoms with Crippen molar-refractivity contribution in [3.63, 3.8) is 0 Å². The average Bonchev–Trinajstić information content (AvgIpc) is 3.40. The minimum absolute atomic E-state index is 0.0162. The summed E-state index contributed by atoms with van der Waals surface area (Å²) in [7, 11) is 3.27. The van der Waals surface area contributed by atoms with Crippen LogP contribution in [0, 0.1) is 12.7 Å². The molecular weight excluding hydrogens is 563 g/mol. The van der Waals surface area contributed by atoms with Crippen molar-refractivity contribution in [2.75, 3.05) is 32.1 Å². The number of benzene rings is 2. The molecule has 232 valence electrons. The summed E-state index contributed by atoms with van der Waals surface area (Å²) in [6.07, 6.45) is 6.37. The van der Waals surface area contributed by atoms with E-state index in [1.807, 2.05) is 46.8 Å². The van der Waals surface area contributed by atoms with E-state index < -0.39 is 5.82 Å². The normalized spacial score (nSPS) is 16.3. The van der Waals surface area contributed by atoms with Crippen molar-refractivity contribution in [1.29, 1.82) is 0 Å². The molecule has 0 bridgehead atoms. The molecule has 11 heteroatoms. The standard InChI is InChI=1S/C33H39FN6O4/c1-21-29-30(40(37-21)24-12-8-5-9-13-24)32(41)36-31(35-29)25-18-26(34)27(19-28(25)43-3)39-16-14-23(15-17-39)38(2)33(42)44-20-22-10-6-4-7-11-22/h4,6-7,10-11,18-19,23-24H,5,8-9,12-17,20H2,1-3H3,(H,35,36,41). The predicted molar refractivity (Wildman–Crippen MR) is 167 cm³/mol. The Labute approximate surface area is 255 Å². The summed E-state index contributed by atoms with van der Waals surface area (Å²) in [6.45, 7) is 3.18. The summed E-state index contributed by atoms with van der Waals surface area (Å²) >= 11 is 0. The number of carbonyl (C=O) groups is 1. The smallest absolute Gasteiger partial charge is 0.410 e. The number of hydrogen-bond donors (Lipinski definition) is 1. The lowest BCUT2D eigenvalue weighted by molar-refractivity contribution is 0.0862. The number of amides is 1. The van der Waals surface area contributed by atoms with Crippen molar-refractivity contribution in [3.05, 3.63) is 69.9 Å². The number of halogens is 1. The maximum absolute atomic E-state index is 15.7. The van der Waals surface area contributed by atoms with Gasteiger partial charge in [-0.25, -0.2) is 14.2 Å². The molecule has 1 aliphatic carbocycles. The van der Waals surface area contributed by atoms with E-state index in [4.69, 9.17) is 14.5 Å². The molecule has 1 amide bonds. The van der Waals surface area contributed by atoms with Crippen molar-refractivity contribution >= 4 is 22.8 Å². The number of rotatable bonds is 7. The van der Waals surface area contributed by atoms with Gasteiger partial charge in [-0.2, -0.15) is 5.10 Å². The number of piperidine rings is 1. The number of aryl methyl sites for hydroxylation is 1. The van der Waals surface area contributed by atoms with E-state index in [1.165, 1.54) is 19.6 Å². The first kappa shape index (κ1) is 29.7. The molecule has 2 aromatic carbocycles. The number of H-pyrrole nitrogens is 1. The Balaban J connectivity index is 1.18. The molecule has 2 fully saturated rings. The van der Waals surface area contributed by atoms with Crippen LogP contribution in [-0.2, 0) is 11.3 Å². The summed E-state index contributed by atoms with van der Waals surface area (Å²) in [5.41, 5.74) is 3.07. The Kier molecular flexibility index (Phi) is 8.54. The molecule has 2 aliphatic rings. The molecular formula is C33H39FN6O4. The number of hydrogen-bond acceptors (Lipinski definition) is 7. The molecule has 1 saturated carbocycles. The lowest BCUT2D eigenvalue weighted by Gasteiger charge is -2.37. The highest BCUT2D eigenvalue weighted by molar-refractivity contribution is 5.80. The van der Waals surface area contributed by atoms with E-state index >= 15 is 4.39 Å². The van der Waals surface area contributed by atoms with E-state index in [1.54, 1.807) is 18.0 Å². The molecule has 3 heterocycles. The van der Waals surface area contributed by atoms with Crippen LogP contribution in [0.15, 0.2) is 47.3 Å². The predicted octanol–water partition coefficient (Wildman–Crippen LogP) is 5.99. The topological polar surface area (TPSA) is 106 Å². The fourth-order valence-corrected chi connectivity index (χ4v) is 6.51. The zero-order valence-corrected chi connectivity index (χ0v) is 25.5. The maximum Gasteiger partial charge on any atom is 0.410 e. The first-order valence-corrected chi connectivity index (χ1v) is 15.4. The van der Waals surface area contributed by atoms with Crippen molar-refractivity contribution in [2.45, 2.75) is 70.6 Å². The minimum atomic E-state index is -0.438. The number of anilines is 1. The first-order valence-electron chi connectivity index (χ1n) is 15.4. The first-order chi connectivity index (χ1) is 21.3. The third kappa shape index (κ3) is 5.87. The van der Waals surface area contributed by atoms with Crippen LogP contribution in [0.3, 0.4) is 0 Å². The van der Waals surface area contributed by atoms with Crippen molar-refractivity contribution in [2.24, 2.45) is 0 Å². The highest BCUT2D eigenvalue weighted by atomic mass is 19.1. The number of ether oxygens (including phenoxy) is 2. The van der Waals surface area contributed by atoms with Gasteiger partial charge in [0.15, 0.2) is 5.52 Å². The van der Waals surface area contributed by atoms with Gasteiger partial charge in [0.25, 0.3) is 5.56 Å². The third-order valence-electron chi connectivity index (χ3n) is 9.02. The SMILES string of the molecule is COc1cc(N2CCC(N(C)C(=O)OCc3ccccc3)CC2)c(F)cc1-c1nc2c(C)nn(C3CCCCC3)c2c(=O)[nH]1. The van der Waals surface area contributed by atoms with Crippen LogP contribution in [0.2, 0.25) is 0 Å². The van der Waals surface area contributed by atoms with E-state index in [0.29, 0.717) is 59.7 Å². The van der Waals surface area contributed by atoms with E-state index in [9.17, 15) is 9.59 Å². The molecule has 44 heavy (non-hydrogen) atoms. The maximum atomic E-state index is 15.7. The van der Waals surface area contributed by atoms with Gasteiger partial charge in [-0.05, 0) is 44.2 Å². The van der Waals surface area contributed by atoms with Crippen LogP contribution in [0.25, 0.3) is 22.4 Å². The Hall–Kier alpha value is -4.41. The van der Waals surface area contributed by atoms with E-state index in [2.05, 4.69) is 10.1 Å². The van der Waals surface area contributed by atoms with Crippen molar-refractivity contribution in [1.82, 2.24) is 24.6 Å². The summed E-state index contributed by atoms with van der Waals surface area (Å²) < 4.78 is 28.7. The van der Waals surface area contributed by atoms with Gasteiger partial charge >= 0.3 is 6.09 Å². The van der Waals surface area contributed by atoms with Gasteiger partial charge in [-0.15, -0.1) is 0 Å². The van der Waals surface area contributed by atoms with Gasteiger partial charge in [0, 0.05) is 32.2 Å². The van der Waals surface area contributed by atoms with Crippen LogP contribution in [-0.4, -0.2) is 64.0 Å². The Morgan fingerprint density at radius 2 is 1.82 bits per heavy atom. The lowest BCUT2D eigenvalue weighted by atomic mass is 9.95. The summed E-state index contributed by atoms with van der Waals surface area (Å²) in [5.74, 6) is 0.211. The number of nitrogens with zero attached hydrogens (tertiary/aromatic N) is 5. The number of aromatic amines is 1. The van der Waals surface area contributed by atoms with Gasteiger partial charge in [-0.1, -0.05) is 49.6 Å². The summed E-state index contributed by atoms with van der Waals surface area (Å²) in [4.78, 5) is 37.2. The molecule has 0 spiro atoms. The average molecular weight is 603 g/mol. The van der Waals surface area contributed by atoms with Gasteiger partial charge in [0.2, 0.25) is 0 Å². The zero-order chi connectivity index (χ0) is 30.8. The molecule has 0 unspecified atom stereocenters. The lowest BCUT2D eigenvalue weighted by Crippen LogP contribution is -2.46. The second-order valence-electron chi connectivity index (χ2n) is 11.8. The van der Waals surface area contributed by atoms with Crippen molar-refractivity contribution < 1.29 is 18.7 Å². The van der Waals surface area contributed by atoms with E-state index in [0.717, 1.165) is 31.2 Å². The van der Waals surface area contributed by atoms with Gasteiger partial charge in [0.05, 0.1) is 30.1 Å². The molecule has 0 radical (unpaired) electrons. The monoisotopic (exact) mass is 602 g/mol. The van der Waals surface area contributed by atoms with Crippen LogP contribution < -0.4 is 15.2 Å². The zero-order valence-electron chi connectivity index (χ0n) is 25.5. The largest absolute Gasteiger partial charge is 0.496 e. The number of carbonyl (C=O) groups excluding carboxylic acids is 1. The highest BCUT2D eigenvalue weighted by Gasteiger charge is 2.29. The number of fused-ring (bicyclic) bond motifs is 1. The van der Waals surface area contributed by atoms with Gasteiger partial charge in [0.1, 0.15) is 29.5 Å². The number of nitrogens with one attached hydrogen (secondary N) is 1. The fraction of sp³-hybridized carbons (Fsp3) is 0.455. The number of methoxy groups -OCH3 is 1. The highest BCUT2D eigenvalue weighted by Crippen LogP contribution is 2.36. The summed E-state index contributed by atoms with van der Waals surface area (Å²) in [5, 5.41) is 4.69. The van der Waals surface area contributed by atoms with E-state index in [-0.39, 0.29) is 36.2 Å². The van der Waals surface area contributed by atoms with Gasteiger partial charge < -0.3 is 24.3 Å². The molecule has 1 saturated heterocycles. The quantitative estimate of drug-likeness (QED) is 0.277. The van der Waals surface area contributed by atoms with Crippen molar-refractivity contribution in [3.8, 4) is 17.1 Å². The molecule has 0 atom stereocenters. The van der Waals surface area contributed by atoms with Crippen LogP contribution >= 0.6 is 0 Å². The third-order valence-corrected chi connectivity index (χ3v) is 9.02. The molecule has 2 aromatic heterocycles. The summed E-state index contributed by atoms with van der Waals surface area (Å²) in [6, 6.07) is 12.8. The molecule has 4 aromatic rings. The molecule has 6 rings (SSSR count). The minimum Gasteiger partial charge on any atom is -0.496 e. The molecule has 1 N–H and O–H groups in total. The number of aromatic nitrogens is 4.